The van der Waals surface area contributed by atoms with Crippen molar-refractivity contribution in [1.82, 2.24) is 14.5 Å². The highest BCUT2D eigenvalue weighted by atomic mass is 16.6. The molecular weight excluding hydrogens is 412 g/mol. The molecule has 168 valence electrons. The van der Waals surface area contributed by atoms with E-state index in [9.17, 15) is 10.1 Å². The molecule has 1 unspecified atom stereocenters. The Bertz CT molecular complexity index is 1250. The maximum absolute atomic E-state index is 11.0. The first kappa shape index (κ1) is 22.4. The predicted molar refractivity (Wildman–Crippen MR) is 131 cm³/mol. The number of hydrogen-bond acceptors (Lipinski definition) is 4. The zero-order valence-electron chi connectivity index (χ0n) is 19.2. The molecule has 33 heavy (non-hydrogen) atoms. The molecule has 1 heterocycles. The van der Waals surface area contributed by atoms with Crippen LogP contribution in [0.4, 0.5) is 5.69 Å². The Balaban J connectivity index is 1.74. The van der Waals surface area contributed by atoms with Gasteiger partial charge in [0.1, 0.15) is 0 Å². The fourth-order valence-electron chi connectivity index (χ4n) is 4.32. The van der Waals surface area contributed by atoms with Crippen molar-refractivity contribution < 1.29 is 4.92 Å². The molecule has 6 heteroatoms. The summed E-state index contributed by atoms with van der Waals surface area (Å²) >= 11 is 0. The smallest absolute Gasteiger partial charge is 0.269 e. The average Bonchev–Trinajstić information content (AvgIpc) is 3.24. The summed E-state index contributed by atoms with van der Waals surface area (Å²) in [4.78, 5) is 17.4. The van der Waals surface area contributed by atoms with Gasteiger partial charge < -0.3 is 4.57 Å². The molecule has 0 aliphatic rings. The molecule has 0 N–H and O–H groups in total. The third-order valence-electron chi connectivity index (χ3n) is 6.10. The second kappa shape index (κ2) is 9.79. The van der Waals surface area contributed by atoms with Gasteiger partial charge in [-0.15, -0.1) is 0 Å². The number of rotatable bonds is 8. The highest BCUT2D eigenvalue weighted by Gasteiger charge is 2.25. The summed E-state index contributed by atoms with van der Waals surface area (Å²) in [6.45, 7) is 5.74. The van der Waals surface area contributed by atoms with Gasteiger partial charge in [0.2, 0.25) is 0 Å². The van der Waals surface area contributed by atoms with Gasteiger partial charge in [0, 0.05) is 25.7 Å². The van der Waals surface area contributed by atoms with Crippen molar-refractivity contribution in [3.63, 3.8) is 0 Å². The van der Waals surface area contributed by atoms with Crippen LogP contribution in [0, 0.1) is 17.0 Å². The third kappa shape index (κ3) is 4.86. The molecule has 3 aromatic carbocycles. The lowest BCUT2D eigenvalue weighted by molar-refractivity contribution is -0.384. The third-order valence-corrected chi connectivity index (χ3v) is 6.10. The second-order valence-electron chi connectivity index (χ2n) is 8.26. The molecule has 0 radical (unpaired) electrons. The molecule has 4 rings (SSSR count). The molecule has 1 aromatic heterocycles. The zero-order valence-corrected chi connectivity index (χ0v) is 19.2. The lowest BCUT2D eigenvalue weighted by atomic mass is 9.94. The van der Waals surface area contributed by atoms with Crippen molar-refractivity contribution in [2.75, 3.05) is 6.54 Å². The van der Waals surface area contributed by atoms with Crippen LogP contribution in [-0.4, -0.2) is 25.9 Å². The standard InChI is InChI=1S/C27H28N4O2/c1-4-30(18-21-12-14-24(15-13-21)31(32)33)27(26-17-28-19-29(26)3)23-10-7-9-22(16-23)25-11-6-5-8-20(25)2/h5-17,19,27H,4,18H2,1-3H3. The van der Waals surface area contributed by atoms with Gasteiger partial charge in [-0.05, 0) is 47.4 Å². The molecule has 6 nitrogen and oxygen atoms in total. The molecule has 0 bridgehead atoms. The fraction of sp³-hybridized carbons (Fsp3) is 0.222. The van der Waals surface area contributed by atoms with E-state index in [1.807, 2.05) is 31.7 Å². The molecule has 0 fully saturated rings. The van der Waals surface area contributed by atoms with E-state index < -0.39 is 0 Å². The van der Waals surface area contributed by atoms with Gasteiger partial charge in [-0.2, -0.15) is 0 Å². The summed E-state index contributed by atoms with van der Waals surface area (Å²) in [5.74, 6) is 0. The quantitative estimate of drug-likeness (QED) is 0.252. The van der Waals surface area contributed by atoms with Crippen LogP contribution in [0.2, 0.25) is 0 Å². The minimum absolute atomic E-state index is 0.0124. The Labute approximate surface area is 194 Å². The van der Waals surface area contributed by atoms with Gasteiger partial charge in [0.05, 0.1) is 29.2 Å². The minimum atomic E-state index is -0.364. The van der Waals surface area contributed by atoms with E-state index in [4.69, 9.17) is 0 Å². The van der Waals surface area contributed by atoms with Gasteiger partial charge in [0.25, 0.3) is 5.69 Å². The number of aromatic nitrogens is 2. The summed E-state index contributed by atoms with van der Waals surface area (Å²) in [6, 6.07) is 23.9. The molecule has 0 spiro atoms. The first-order valence-corrected chi connectivity index (χ1v) is 11.1. The number of benzene rings is 3. The normalized spacial score (nSPS) is 12.1. The number of aryl methyl sites for hydroxylation is 2. The van der Waals surface area contributed by atoms with Gasteiger partial charge in [-0.1, -0.05) is 61.5 Å². The number of imidazole rings is 1. The molecule has 1 atom stereocenters. The summed E-state index contributed by atoms with van der Waals surface area (Å²) in [5, 5.41) is 11.0. The number of nitro benzene ring substituents is 1. The maximum atomic E-state index is 11.0. The second-order valence-corrected chi connectivity index (χ2v) is 8.26. The fourth-order valence-corrected chi connectivity index (χ4v) is 4.32. The molecule has 0 saturated carbocycles. The first-order chi connectivity index (χ1) is 16.0. The monoisotopic (exact) mass is 440 g/mol. The molecule has 0 aliphatic carbocycles. The van der Waals surface area contributed by atoms with Crippen molar-refractivity contribution in [1.29, 1.82) is 0 Å². The number of non-ortho nitro benzene ring substituents is 1. The Kier molecular flexibility index (Phi) is 6.66. The van der Waals surface area contributed by atoms with Crippen LogP contribution >= 0.6 is 0 Å². The molecular formula is C27H28N4O2. The summed E-state index contributed by atoms with van der Waals surface area (Å²) < 4.78 is 2.06. The number of nitro groups is 1. The molecule has 0 aliphatic heterocycles. The topological polar surface area (TPSA) is 64.2 Å². The average molecular weight is 441 g/mol. The van der Waals surface area contributed by atoms with E-state index in [0.717, 1.165) is 17.8 Å². The minimum Gasteiger partial charge on any atom is -0.336 e. The SMILES string of the molecule is CCN(Cc1ccc([N+](=O)[O-])cc1)C(c1cccc(-c2ccccc2C)c1)c1cncn1C. The summed E-state index contributed by atoms with van der Waals surface area (Å²) in [5.41, 5.74) is 7.07. The van der Waals surface area contributed by atoms with Crippen molar-refractivity contribution in [3.05, 3.63) is 118 Å². The van der Waals surface area contributed by atoms with Gasteiger partial charge in [-0.25, -0.2) is 4.98 Å². The van der Waals surface area contributed by atoms with Gasteiger partial charge in [-0.3, -0.25) is 15.0 Å². The van der Waals surface area contributed by atoms with Crippen LogP contribution in [-0.2, 0) is 13.6 Å². The van der Waals surface area contributed by atoms with Crippen LogP contribution in [0.15, 0.2) is 85.3 Å². The maximum Gasteiger partial charge on any atom is 0.269 e. The first-order valence-electron chi connectivity index (χ1n) is 11.1. The predicted octanol–water partition coefficient (Wildman–Crippen LogP) is 5.92. The van der Waals surface area contributed by atoms with Crippen molar-refractivity contribution >= 4 is 5.69 Å². The number of nitrogens with zero attached hydrogens (tertiary/aromatic N) is 4. The highest BCUT2D eigenvalue weighted by Crippen LogP contribution is 2.33. The summed E-state index contributed by atoms with van der Waals surface area (Å²) in [7, 11) is 2.01. The lowest BCUT2D eigenvalue weighted by Gasteiger charge is -2.32. The molecule has 4 aromatic rings. The Hall–Kier alpha value is -3.77. The van der Waals surface area contributed by atoms with E-state index in [1.165, 1.54) is 22.3 Å². The Morgan fingerprint density at radius 1 is 1.06 bits per heavy atom. The van der Waals surface area contributed by atoms with Crippen molar-refractivity contribution in [2.24, 2.45) is 7.05 Å². The molecule has 0 amide bonds. The molecule has 0 saturated heterocycles. The highest BCUT2D eigenvalue weighted by molar-refractivity contribution is 5.68. The van der Waals surface area contributed by atoms with E-state index in [-0.39, 0.29) is 16.7 Å². The number of hydrogen-bond donors (Lipinski definition) is 0. The van der Waals surface area contributed by atoms with E-state index in [2.05, 4.69) is 76.8 Å². The van der Waals surface area contributed by atoms with E-state index >= 15 is 0 Å². The van der Waals surface area contributed by atoms with Crippen LogP contribution in [0.1, 0.15) is 35.3 Å². The van der Waals surface area contributed by atoms with Crippen molar-refractivity contribution in [3.8, 4) is 11.1 Å². The van der Waals surface area contributed by atoms with Crippen LogP contribution < -0.4 is 0 Å². The summed E-state index contributed by atoms with van der Waals surface area (Å²) in [6.07, 6.45) is 3.75. The Morgan fingerprint density at radius 3 is 2.45 bits per heavy atom. The van der Waals surface area contributed by atoms with E-state index in [1.54, 1.807) is 12.1 Å². The lowest BCUT2D eigenvalue weighted by Crippen LogP contribution is -2.30. The van der Waals surface area contributed by atoms with Gasteiger partial charge in [0.15, 0.2) is 0 Å². The Morgan fingerprint density at radius 2 is 1.82 bits per heavy atom. The van der Waals surface area contributed by atoms with Crippen LogP contribution in [0.25, 0.3) is 11.1 Å². The zero-order chi connectivity index (χ0) is 23.4. The van der Waals surface area contributed by atoms with Gasteiger partial charge >= 0.3 is 0 Å². The van der Waals surface area contributed by atoms with Crippen LogP contribution in [0.5, 0.6) is 0 Å². The van der Waals surface area contributed by atoms with E-state index in [0.29, 0.717) is 6.54 Å². The largest absolute Gasteiger partial charge is 0.336 e. The van der Waals surface area contributed by atoms with Crippen LogP contribution in [0.3, 0.4) is 0 Å². The van der Waals surface area contributed by atoms with Crippen molar-refractivity contribution in [2.45, 2.75) is 26.4 Å².